The Morgan fingerprint density at radius 1 is 0.875 bits per heavy atom. The molecule has 0 aliphatic carbocycles. The van der Waals surface area contributed by atoms with Crippen molar-refractivity contribution >= 4 is 27.7 Å². The molecule has 0 fully saturated rings. The van der Waals surface area contributed by atoms with E-state index in [9.17, 15) is 26.4 Å². The van der Waals surface area contributed by atoms with E-state index in [1.807, 2.05) is 0 Å². The number of nitrogens with zero attached hydrogens (tertiary/aromatic N) is 1. The van der Waals surface area contributed by atoms with Gasteiger partial charge < -0.3 is 5.32 Å². The number of halogens is 3. The van der Waals surface area contributed by atoms with Crippen LogP contribution in [0.1, 0.15) is 11.1 Å². The highest BCUT2D eigenvalue weighted by atomic mass is 32.2. The Hall–Kier alpha value is -3.43. The minimum atomic E-state index is -4.07. The van der Waals surface area contributed by atoms with Crippen molar-refractivity contribution in [1.82, 2.24) is 4.31 Å². The van der Waals surface area contributed by atoms with Gasteiger partial charge in [-0.05, 0) is 29.3 Å². The zero-order valence-corrected chi connectivity index (χ0v) is 17.5. The van der Waals surface area contributed by atoms with Crippen LogP contribution in [0.5, 0.6) is 0 Å². The lowest BCUT2D eigenvalue weighted by molar-refractivity contribution is -0.116. The number of anilines is 1. The van der Waals surface area contributed by atoms with Gasteiger partial charge in [0, 0.05) is 12.0 Å². The minimum Gasteiger partial charge on any atom is -0.322 e. The second kappa shape index (κ2) is 10.3. The number of nitrogens with one attached hydrogen (secondary N) is 1. The van der Waals surface area contributed by atoms with E-state index >= 15 is 0 Å². The predicted octanol–water partition coefficient (Wildman–Crippen LogP) is 4.55. The average Bonchev–Trinajstić information content (AvgIpc) is 2.79. The van der Waals surface area contributed by atoms with Crippen molar-refractivity contribution in [2.75, 3.05) is 11.9 Å². The number of carbonyl (C=O) groups is 1. The maximum absolute atomic E-state index is 13.9. The molecular formula is C23H19F3N2O3S. The number of carbonyl (C=O) groups excluding carboxylic acids is 1. The average molecular weight is 460 g/mol. The minimum absolute atomic E-state index is 0.129. The van der Waals surface area contributed by atoms with Gasteiger partial charge in [0.1, 0.15) is 0 Å². The number of sulfonamides is 1. The maximum atomic E-state index is 13.9. The van der Waals surface area contributed by atoms with Gasteiger partial charge in [0.2, 0.25) is 15.9 Å². The lowest BCUT2D eigenvalue weighted by Crippen LogP contribution is -2.36. The van der Waals surface area contributed by atoms with E-state index in [1.54, 1.807) is 60.7 Å². The van der Waals surface area contributed by atoms with E-state index in [4.69, 9.17) is 0 Å². The van der Waals surface area contributed by atoms with Crippen LogP contribution < -0.4 is 5.32 Å². The van der Waals surface area contributed by atoms with E-state index in [0.29, 0.717) is 17.2 Å². The van der Waals surface area contributed by atoms with Gasteiger partial charge in [-0.15, -0.1) is 0 Å². The molecule has 32 heavy (non-hydrogen) atoms. The Kier molecular flexibility index (Phi) is 7.45. The number of hydrogen-bond acceptors (Lipinski definition) is 3. The first-order chi connectivity index (χ1) is 15.3. The first kappa shape index (κ1) is 23.2. The summed E-state index contributed by atoms with van der Waals surface area (Å²) < 4.78 is 67.2. The fraction of sp³-hybridized carbons (Fsp3) is 0.0870. The van der Waals surface area contributed by atoms with Crippen molar-refractivity contribution in [2.24, 2.45) is 0 Å². The summed E-state index contributed by atoms with van der Waals surface area (Å²) in [6, 6.07) is 18.8. The van der Waals surface area contributed by atoms with Crippen molar-refractivity contribution in [3.63, 3.8) is 0 Å². The summed E-state index contributed by atoms with van der Waals surface area (Å²) >= 11 is 0. The van der Waals surface area contributed by atoms with Gasteiger partial charge in [-0.25, -0.2) is 21.6 Å². The maximum Gasteiger partial charge on any atom is 0.239 e. The highest BCUT2D eigenvalue weighted by molar-refractivity contribution is 7.92. The Morgan fingerprint density at radius 2 is 1.50 bits per heavy atom. The largest absolute Gasteiger partial charge is 0.322 e. The summed E-state index contributed by atoms with van der Waals surface area (Å²) in [4.78, 5) is 12.5. The van der Waals surface area contributed by atoms with Crippen molar-refractivity contribution in [1.29, 1.82) is 0 Å². The molecule has 3 rings (SSSR count). The molecule has 0 heterocycles. The summed E-state index contributed by atoms with van der Waals surface area (Å²) in [6.45, 7) is -0.801. The standard InChI is InChI=1S/C23H19F3N2O3S/c24-19-11-12-20(23(26)22(19)25)27-21(29)16-28(15-18-9-5-2-6-10-18)32(30,31)14-13-17-7-3-1-4-8-17/h1-14H,15-16H2,(H,27,29)/b14-13+. The van der Waals surface area contributed by atoms with Crippen LogP contribution in [0, 0.1) is 17.5 Å². The fourth-order valence-electron chi connectivity index (χ4n) is 2.81. The lowest BCUT2D eigenvalue weighted by Gasteiger charge is -2.20. The fourth-order valence-corrected chi connectivity index (χ4v) is 3.94. The lowest BCUT2D eigenvalue weighted by atomic mass is 10.2. The number of rotatable bonds is 8. The second-order valence-electron chi connectivity index (χ2n) is 6.78. The molecule has 1 amide bonds. The molecule has 5 nitrogen and oxygen atoms in total. The molecule has 3 aromatic rings. The van der Waals surface area contributed by atoms with Crippen LogP contribution in [0.3, 0.4) is 0 Å². The summed E-state index contributed by atoms with van der Waals surface area (Å²) in [5.41, 5.74) is 0.672. The van der Waals surface area contributed by atoms with Gasteiger partial charge in [-0.1, -0.05) is 60.7 Å². The third kappa shape index (κ3) is 6.05. The quantitative estimate of drug-likeness (QED) is 0.502. The zero-order chi connectivity index (χ0) is 23.1. The van der Waals surface area contributed by atoms with E-state index in [1.165, 1.54) is 6.08 Å². The van der Waals surface area contributed by atoms with E-state index in [0.717, 1.165) is 15.8 Å². The monoisotopic (exact) mass is 460 g/mol. The molecule has 0 aromatic heterocycles. The molecule has 0 unspecified atom stereocenters. The van der Waals surface area contributed by atoms with Crippen molar-refractivity contribution in [3.05, 3.63) is 107 Å². The van der Waals surface area contributed by atoms with Crippen molar-refractivity contribution < 1.29 is 26.4 Å². The summed E-state index contributed by atoms with van der Waals surface area (Å²) in [6.07, 6.45) is 1.39. The van der Waals surface area contributed by atoms with Crippen LogP contribution in [0.2, 0.25) is 0 Å². The van der Waals surface area contributed by atoms with E-state index in [-0.39, 0.29) is 6.54 Å². The molecule has 0 saturated carbocycles. The first-order valence-corrected chi connectivity index (χ1v) is 11.0. The molecule has 9 heteroatoms. The summed E-state index contributed by atoms with van der Waals surface area (Å²) in [5.74, 6) is -5.62. The summed E-state index contributed by atoms with van der Waals surface area (Å²) in [7, 11) is -4.07. The molecule has 0 atom stereocenters. The van der Waals surface area contributed by atoms with Gasteiger partial charge in [-0.3, -0.25) is 4.79 Å². The van der Waals surface area contributed by atoms with Gasteiger partial charge in [0.05, 0.1) is 12.2 Å². The van der Waals surface area contributed by atoms with Crippen LogP contribution in [-0.4, -0.2) is 25.2 Å². The second-order valence-corrected chi connectivity index (χ2v) is 8.60. The molecule has 0 aliphatic rings. The summed E-state index contributed by atoms with van der Waals surface area (Å²) in [5, 5.41) is 3.06. The third-order valence-electron chi connectivity index (χ3n) is 4.42. The van der Waals surface area contributed by atoms with Crippen LogP contribution >= 0.6 is 0 Å². The van der Waals surface area contributed by atoms with Crippen LogP contribution in [0.15, 0.2) is 78.2 Å². The molecule has 0 spiro atoms. The number of hydrogen-bond donors (Lipinski definition) is 1. The normalized spacial score (nSPS) is 11.8. The molecule has 0 bridgehead atoms. The Bertz CT molecular complexity index is 1220. The van der Waals surface area contributed by atoms with Gasteiger partial charge >= 0.3 is 0 Å². The van der Waals surface area contributed by atoms with Crippen LogP contribution in [0.25, 0.3) is 6.08 Å². The predicted molar refractivity (Wildman–Crippen MR) is 116 cm³/mol. The zero-order valence-electron chi connectivity index (χ0n) is 16.7. The molecule has 1 N–H and O–H groups in total. The Morgan fingerprint density at radius 3 is 2.16 bits per heavy atom. The SMILES string of the molecule is O=C(CN(Cc1ccccc1)S(=O)(=O)/C=C/c1ccccc1)Nc1ccc(F)c(F)c1F. The molecule has 0 aliphatic heterocycles. The topological polar surface area (TPSA) is 66.5 Å². The number of benzene rings is 3. The molecule has 3 aromatic carbocycles. The smallest absolute Gasteiger partial charge is 0.239 e. The Balaban J connectivity index is 1.83. The van der Waals surface area contributed by atoms with E-state index in [2.05, 4.69) is 5.32 Å². The van der Waals surface area contributed by atoms with Gasteiger partial charge in [-0.2, -0.15) is 4.31 Å². The van der Waals surface area contributed by atoms with E-state index < -0.39 is 45.6 Å². The number of amides is 1. The van der Waals surface area contributed by atoms with Crippen LogP contribution in [0.4, 0.5) is 18.9 Å². The van der Waals surface area contributed by atoms with Crippen LogP contribution in [-0.2, 0) is 21.4 Å². The first-order valence-electron chi connectivity index (χ1n) is 9.47. The molecular weight excluding hydrogens is 441 g/mol. The highest BCUT2D eigenvalue weighted by Gasteiger charge is 2.24. The molecule has 0 radical (unpaired) electrons. The molecule has 166 valence electrons. The van der Waals surface area contributed by atoms with Crippen molar-refractivity contribution in [2.45, 2.75) is 6.54 Å². The van der Waals surface area contributed by atoms with Gasteiger partial charge in [0.15, 0.2) is 17.5 Å². The van der Waals surface area contributed by atoms with Crippen molar-refractivity contribution in [3.8, 4) is 0 Å². The highest BCUT2D eigenvalue weighted by Crippen LogP contribution is 2.20. The molecule has 0 saturated heterocycles. The van der Waals surface area contributed by atoms with Gasteiger partial charge in [0.25, 0.3) is 0 Å². The third-order valence-corrected chi connectivity index (χ3v) is 5.88. The Labute approximate surface area is 183 Å².